The van der Waals surface area contributed by atoms with Gasteiger partial charge in [0.15, 0.2) is 0 Å². The summed E-state index contributed by atoms with van der Waals surface area (Å²) < 4.78 is 0. The Kier molecular flexibility index (Phi) is 16.8. The van der Waals surface area contributed by atoms with Crippen LogP contribution in [0.15, 0.2) is 82.4 Å². The van der Waals surface area contributed by atoms with Crippen LogP contribution in [0.4, 0.5) is 5.69 Å². The average molecular weight is 530 g/mol. The number of nitrogen functional groups attached to an aromatic ring is 1. The maximum absolute atomic E-state index is 11.1. The van der Waals surface area contributed by atoms with E-state index < -0.39 is 5.69 Å². The normalized spacial score (nSPS) is 8.97. The van der Waals surface area contributed by atoms with Gasteiger partial charge in [-0.1, -0.05) is 90.1 Å². The van der Waals surface area contributed by atoms with Crippen molar-refractivity contribution in [2.45, 2.75) is 62.3 Å². The SMILES string of the molecule is CC.CC.CC.Cc1ccccc1N.Cc1nc(C)c2ccccc2n1.O=c1[nH]c(=O)c2ccccc2[nH]1.[2H-].[2H-].[2H-].[2H-].[2H-].[2H-]. The maximum Gasteiger partial charge on any atom is 0.326 e. The summed E-state index contributed by atoms with van der Waals surface area (Å²) in [5.41, 5.74) is 9.35. The fraction of sp³-hybridized carbons (Fsp3) is 0.290. The van der Waals surface area contributed by atoms with Crippen LogP contribution in [0.2, 0.25) is 0 Å². The molecule has 216 valence electrons. The molecule has 2 aromatic heterocycles. The highest BCUT2D eigenvalue weighted by molar-refractivity contribution is 5.80. The number of fused-ring (bicyclic) bond motifs is 2. The number of para-hydroxylation sites is 3. The number of hydrogen-bond donors (Lipinski definition) is 3. The molecule has 0 spiro atoms. The molecule has 5 rings (SSSR count). The van der Waals surface area contributed by atoms with E-state index in [0.29, 0.717) is 10.9 Å². The molecular weight excluding hydrogens is 474 g/mol. The molecule has 7 heteroatoms. The lowest BCUT2D eigenvalue weighted by Crippen LogP contribution is -2.21. The Morgan fingerprint density at radius 2 is 1.18 bits per heavy atom. The van der Waals surface area contributed by atoms with Gasteiger partial charge in [-0.2, -0.15) is 0 Å². The number of H-pyrrole nitrogens is 2. The first-order chi connectivity index (χ1) is 18.3. The first-order valence-electron chi connectivity index (χ1n) is 13.1. The fourth-order valence-electron chi connectivity index (χ4n) is 3.08. The van der Waals surface area contributed by atoms with E-state index in [4.69, 9.17) is 5.73 Å². The summed E-state index contributed by atoms with van der Waals surface area (Å²) in [7, 11) is 0. The third-order valence-electron chi connectivity index (χ3n) is 4.74. The fourth-order valence-corrected chi connectivity index (χ4v) is 3.08. The minimum atomic E-state index is -0.473. The van der Waals surface area contributed by atoms with E-state index in [1.807, 2.05) is 111 Å². The minimum Gasteiger partial charge on any atom is -1.00 e. The predicted molar refractivity (Wildman–Crippen MR) is 171 cm³/mol. The van der Waals surface area contributed by atoms with Crippen LogP contribution in [0.25, 0.3) is 21.8 Å². The number of aromatic amines is 2. The summed E-state index contributed by atoms with van der Waals surface area (Å²) in [5, 5.41) is 1.64. The van der Waals surface area contributed by atoms with E-state index in [0.717, 1.165) is 33.7 Å². The van der Waals surface area contributed by atoms with Gasteiger partial charge >= 0.3 is 5.69 Å². The van der Waals surface area contributed by atoms with E-state index in [9.17, 15) is 9.59 Å². The summed E-state index contributed by atoms with van der Waals surface area (Å²) in [5.74, 6) is 0.839. The van der Waals surface area contributed by atoms with Crippen molar-refractivity contribution in [1.82, 2.24) is 19.9 Å². The van der Waals surface area contributed by atoms with Crippen molar-refractivity contribution in [3.63, 3.8) is 0 Å². The molecule has 0 atom stereocenters. The molecule has 0 radical (unpaired) electrons. The van der Waals surface area contributed by atoms with E-state index in [1.54, 1.807) is 24.3 Å². The molecule has 4 N–H and O–H groups in total. The molecule has 2 heterocycles. The monoisotopic (exact) mass is 529 g/mol. The van der Waals surface area contributed by atoms with Gasteiger partial charge in [0.25, 0.3) is 5.56 Å². The lowest BCUT2D eigenvalue weighted by molar-refractivity contribution is 1.05. The summed E-state index contributed by atoms with van der Waals surface area (Å²) in [6.45, 7) is 17.9. The Balaban J connectivity index is -0.0000000819. The number of rotatable bonds is 0. The Bertz CT molecular complexity index is 1480. The van der Waals surface area contributed by atoms with Gasteiger partial charge in [-0.05, 0) is 50.6 Å². The highest BCUT2D eigenvalue weighted by Crippen LogP contribution is 2.13. The van der Waals surface area contributed by atoms with Crippen molar-refractivity contribution in [2.24, 2.45) is 0 Å². The van der Waals surface area contributed by atoms with Crippen LogP contribution < -0.4 is 17.0 Å². The summed E-state index contributed by atoms with van der Waals surface area (Å²) in [4.78, 5) is 35.2. The topological polar surface area (TPSA) is 118 Å². The van der Waals surface area contributed by atoms with E-state index in [1.165, 1.54) is 0 Å². The lowest BCUT2D eigenvalue weighted by Gasteiger charge is -2.00. The number of hydrogen-bond acceptors (Lipinski definition) is 5. The first-order valence-corrected chi connectivity index (χ1v) is 13.1. The maximum atomic E-state index is 11.1. The number of benzene rings is 3. The first kappa shape index (κ1) is 33.7. The van der Waals surface area contributed by atoms with Crippen molar-refractivity contribution < 1.29 is 8.56 Å². The largest absolute Gasteiger partial charge is 1.00 e. The summed E-state index contributed by atoms with van der Waals surface area (Å²) in [6.07, 6.45) is 0. The van der Waals surface area contributed by atoms with Gasteiger partial charge in [0.05, 0.1) is 16.4 Å². The molecule has 0 fully saturated rings. The van der Waals surface area contributed by atoms with Crippen molar-refractivity contribution >= 4 is 27.5 Å². The second-order valence-corrected chi connectivity index (χ2v) is 7.18. The lowest BCUT2D eigenvalue weighted by atomic mass is 10.2. The molecule has 3 aromatic carbocycles. The zero-order valence-electron chi connectivity index (χ0n) is 30.2. The Labute approximate surface area is 235 Å². The van der Waals surface area contributed by atoms with Gasteiger partial charge in [-0.15, -0.1) is 0 Å². The Morgan fingerprint density at radius 1 is 0.658 bits per heavy atom. The Hall–Kier alpha value is -4.26. The van der Waals surface area contributed by atoms with E-state index >= 15 is 0 Å². The second-order valence-electron chi connectivity index (χ2n) is 7.18. The van der Waals surface area contributed by atoms with Gasteiger partial charge in [0.1, 0.15) is 5.82 Å². The standard InChI is InChI=1S/C10H10N2.C8H6N2O2.C7H9N.3C2H6.6H/c1-7-9-5-3-4-6-10(9)12-8(2)11-7;11-7-5-3-1-2-4-6(5)9-8(12)10-7;1-6-4-2-3-5-7(6)8;3*1-2;;;;;;/h3-6H,1-2H3;1-4H,(H2,9,10,11,12);2-5H,8H2,1H3;3*1-2H3;;;;;;/q;;;;;;6*-1/i;;;;;;6*1+1. The summed E-state index contributed by atoms with van der Waals surface area (Å²) >= 11 is 0. The third kappa shape index (κ3) is 10.8. The van der Waals surface area contributed by atoms with Crippen molar-refractivity contribution in [3.05, 3.63) is 111 Å². The molecule has 0 saturated heterocycles. The number of nitrogens with two attached hydrogens (primary N) is 1. The third-order valence-corrected chi connectivity index (χ3v) is 4.74. The van der Waals surface area contributed by atoms with Gasteiger partial charge in [-0.25, -0.2) is 14.8 Å². The second kappa shape index (κ2) is 18.9. The van der Waals surface area contributed by atoms with Gasteiger partial charge < -0.3 is 19.3 Å². The molecule has 7 nitrogen and oxygen atoms in total. The number of nitrogens with one attached hydrogen (secondary N) is 2. The smallest absolute Gasteiger partial charge is 0.326 e. The van der Waals surface area contributed by atoms with Crippen LogP contribution >= 0.6 is 0 Å². The zero-order chi connectivity index (χ0) is 29.1. The molecule has 0 aliphatic carbocycles. The number of aryl methyl sites for hydroxylation is 3. The highest BCUT2D eigenvalue weighted by atomic mass is 16.2. The minimum absolute atomic E-state index is 0. The van der Waals surface area contributed by atoms with E-state index in [-0.39, 0.29) is 14.1 Å². The number of anilines is 1. The summed E-state index contributed by atoms with van der Waals surface area (Å²) in [6, 6.07) is 22.7. The van der Waals surface area contributed by atoms with Crippen molar-refractivity contribution in [3.8, 4) is 0 Å². The quantitative estimate of drug-likeness (QED) is 0.177. The predicted octanol–water partition coefficient (Wildman–Crippen LogP) is 7.79. The van der Waals surface area contributed by atoms with Crippen molar-refractivity contribution in [1.29, 1.82) is 0 Å². The number of aromatic nitrogens is 4. The molecule has 0 saturated carbocycles. The zero-order valence-corrected chi connectivity index (χ0v) is 24.2. The van der Waals surface area contributed by atoms with Gasteiger partial charge in [0.2, 0.25) is 0 Å². The molecule has 5 aromatic rings. The molecule has 0 bridgehead atoms. The van der Waals surface area contributed by atoms with Gasteiger partial charge in [-0.3, -0.25) is 9.78 Å². The van der Waals surface area contributed by atoms with Crippen LogP contribution in [-0.2, 0) is 0 Å². The molecule has 0 unspecified atom stereocenters. The molecule has 0 amide bonds. The molecule has 0 aliphatic heterocycles. The highest BCUT2D eigenvalue weighted by Gasteiger charge is 1.99. The Morgan fingerprint density at radius 3 is 1.76 bits per heavy atom. The van der Waals surface area contributed by atoms with Crippen LogP contribution in [0.3, 0.4) is 0 Å². The van der Waals surface area contributed by atoms with Crippen LogP contribution in [-0.4, -0.2) is 19.9 Å². The van der Waals surface area contributed by atoms with Crippen LogP contribution in [0.1, 0.15) is 67.2 Å². The molecule has 0 aliphatic rings. The number of nitrogens with zero attached hydrogens (tertiary/aromatic N) is 2. The van der Waals surface area contributed by atoms with Gasteiger partial charge in [0, 0.05) is 16.8 Å². The van der Waals surface area contributed by atoms with Crippen molar-refractivity contribution in [2.75, 3.05) is 5.73 Å². The average Bonchev–Trinajstić information content (AvgIpc) is 2.94. The molecular formula is C31H49N5O2-6. The van der Waals surface area contributed by atoms with E-state index in [2.05, 4.69) is 19.9 Å². The molecule has 38 heavy (non-hydrogen) atoms. The van der Waals surface area contributed by atoms with Crippen LogP contribution in [0, 0.1) is 20.8 Å². The van der Waals surface area contributed by atoms with Crippen LogP contribution in [0.5, 0.6) is 0 Å².